The number of fused-ring (bicyclic) bond motifs is 1. The number of urea groups is 1. The minimum Gasteiger partial charge on any atom is -0.497 e. The van der Waals surface area contributed by atoms with Crippen LogP contribution in [0.15, 0.2) is 77.7 Å². The fraction of sp³-hybridized carbons (Fsp3) is 0.444. The van der Waals surface area contributed by atoms with Gasteiger partial charge in [0.15, 0.2) is 0 Å². The standard InChI is InChI=1S/C36H48N4O8S/c1-25-22-40(26(2)24-41)35(42)32-21-29(38-49(44,45)31-17-15-30(46-5)16-18-31)14-19-33(32)48-27(3)11-9-10-20-47-34(25)23-39(4)36(43)37-28-12-7-6-8-13-28/h6-8,12-19,21,25-27,34,38,41H,9-11,20,22-24H2,1-5H3,(H,37,43)/t25-,26-,27+,34-/m0/s1. The van der Waals surface area contributed by atoms with E-state index in [0.29, 0.717) is 30.2 Å². The SMILES string of the molecule is COc1ccc(S(=O)(=O)Nc2ccc3c(c2)C(=O)N([C@@H](C)CO)C[C@H](C)[C@H](CN(C)C(=O)Nc2ccccc2)OCCCC[C@@H](C)O3)cc1. The van der Waals surface area contributed by atoms with Crippen LogP contribution in [0.3, 0.4) is 0 Å². The molecule has 1 aliphatic heterocycles. The van der Waals surface area contributed by atoms with E-state index in [1.807, 2.05) is 44.2 Å². The number of likely N-dealkylation sites (N-methyl/N-ethyl adjacent to an activating group) is 1. The lowest BCUT2D eigenvalue weighted by Gasteiger charge is -2.35. The van der Waals surface area contributed by atoms with E-state index in [9.17, 15) is 23.1 Å². The number of nitrogens with one attached hydrogen (secondary N) is 2. The molecule has 49 heavy (non-hydrogen) atoms. The summed E-state index contributed by atoms with van der Waals surface area (Å²) in [5.41, 5.74) is 1.01. The Labute approximate surface area is 289 Å². The minimum absolute atomic E-state index is 0.0300. The number of para-hydroxylation sites is 1. The number of carbonyl (C=O) groups is 2. The fourth-order valence-corrected chi connectivity index (χ4v) is 6.56. The van der Waals surface area contributed by atoms with Crippen molar-refractivity contribution in [3.63, 3.8) is 0 Å². The van der Waals surface area contributed by atoms with Crippen molar-refractivity contribution < 1.29 is 37.3 Å². The Morgan fingerprint density at radius 2 is 1.78 bits per heavy atom. The zero-order valence-corrected chi connectivity index (χ0v) is 29.6. The van der Waals surface area contributed by atoms with Crippen molar-refractivity contribution in [2.75, 3.05) is 50.5 Å². The number of hydrogen-bond donors (Lipinski definition) is 3. The Kier molecular flexibility index (Phi) is 13.3. The van der Waals surface area contributed by atoms with Gasteiger partial charge in [-0.15, -0.1) is 0 Å². The van der Waals surface area contributed by atoms with Crippen LogP contribution in [-0.2, 0) is 14.8 Å². The van der Waals surface area contributed by atoms with Crippen LogP contribution in [0.25, 0.3) is 0 Å². The summed E-state index contributed by atoms with van der Waals surface area (Å²) < 4.78 is 46.8. The van der Waals surface area contributed by atoms with Gasteiger partial charge in [0.25, 0.3) is 15.9 Å². The lowest BCUT2D eigenvalue weighted by molar-refractivity contribution is -0.0115. The van der Waals surface area contributed by atoms with Crippen LogP contribution in [-0.4, -0.2) is 94.0 Å². The number of rotatable bonds is 9. The Balaban J connectivity index is 1.63. The Hall–Kier alpha value is -4.33. The van der Waals surface area contributed by atoms with Gasteiger partial charge < -0.3 is 34.4 Å². The first kappa shape index (κ1) is 37.5. The number of hydrogen-bond acceptors (Lipinski definition) is 8. The molecule has 0 aliphatic carbocycles. The summed E-state index contributed by atoms with van der Waals surface area (Å²) in [4.78, 5) is 30.6. The van der Waals surface area contributed by atoms with Crippen molar-refractivity contribution in [3.05, 3.63) is 78.4 Å². The number of amides is 3. The second-order valence-electron chi connectivity index (χ2n) is 12.5. The summed E-state index contributed by atoms with van der Waals surface area (Å²) in [6, 6.07) is 18.9. The van der Waals surface area contributed by atoms with Crippen LogP contribution < -0.4 is 19.5 Å². The van der Waals surface area contributed by atoms with Gasteiger partial charge in [-0.3, -0.25) is 9.52 Å². The first-order chi connectivity index (χ1) is 23.4. The van der Waals surface area contributed by atoms with Crippen molar-refractivity contribution >= 4 is 33.3 Å². The third kappa shape index (κ3) is 10.3. The molecule has 4 rings (SSSR count). The number of benzene rings is 3. The van der Waals surface area contributed by atoms with Gasteiger partial charge in [-0.2, -0.15) is 0 Å². The van der Waals surface area contributed by atoms with Crippen molar-refractivity contribution in [3.8, 4) is 11.5 Å². The maximum atomic E-state index is 14.4. The molecule has 0 aromatic heterocycles. The molecule has 3 aromatic rings. The van der Waals surface area contributed by atoms with Gasteiger partial charge in [0, 0.05) is 44.0 Å². The minimum atomic E-state index is -4.00. The second-order valence-corrected chi connectivity index (χ2v) is 14.2. The molecule has 3 N–H and O–H groups in total. The molecule has 0 bridgehead atoms. The number of ether oxygens (including phenoxy) is 3. The predicted octanol–water partition coefficient (Wildman–Crippen LogP) is 5.46. The summed E-state index contributed by atoms with van der Waals surface area (Å²) in [5, 5.41) is 13.1. The highest BCUT2D eigenvalue weighted by molar-refractivity contribution is 7.92. The highest BCUT2D eigenvalue weighted by Crippen LogP contribution is 2.30. The van der Waals surface area contributed by atoms with E-state index in [0.717, 1.165) is 12.8 Å². The molecule has 0 spiro atoms. The molecule has 1 aliphatic rings. The molecule has 4 atom stereocenters. The molecular weight excluding hydrogens is 648 g/mol. The average molecular weight is 697 g/mol. The number of carbonyl (C=O) groups excluding carboxylic acids is 2. The van der Waals surface area contributed by atoms with E-state index < -0.39 is 28.1 Å². The summed E-state index contributed by atoms with van der Waals surface area (Å²) in [7, 11) is -0.803. The molecule has 266 valence electrons. The topological polar surface area (TPSA) is 147 Å². The smallest absolute Gasteiger partial charge is 0.321 e. The summed E-state index contributed by atoms with van der Waals surface area (Å²) in [6.07, 6.45) is 1.60. The Morgan fingerprint density at radius 3 is 2.45 bits per heavy atom. The van der Waals surface area contributed by atoms with E-state index >= 15 is 0 Å². The highest BCUT2D eigenvalue weighted by atomic mass is 32.2. The molecule has 13 heteroatoms. The molecule has 0 saturated carbocycles. The second kappa shape index (κ2) is 17.4. The van der Waals surface area contributed by atoms with Gasteiger partial charge in [0.1, 0.15) is 11.5 Å². The van der Waals surface area contributed by atoms with Crippen LogP contribution in [0, 0.1) is 5.92 Å². The lowest BCUT2D eigenvalue weighted by atomic mass is 10.0. The number of nitrogens with zero attached hydrogens (tertiary/aromatic N) is 2. The summed E-state index contributed by atoms with van der Waals surface area (Å²) in [6.45, 7) is 6.22. The van der Waals surface area contributed by atoms with Crippen molar-refractivity contribution in [1.29, 1.82) is 0 Å². The zero-order chi connectivity index (χ0) is 35.6. The number of aliphatic hydroxyl groups excluding tert-OH is 1. The molecule has 0 fully saturated rings. The van der Waals surface area contributed by atoms with Crippen molar-refractivity contribution in [2.24, 2.45) is 5.92 Å². The van der Waals surface area contributed by atoms with Gasteiger partial charge in [-0.05, 0) is 87.7 Å². The molecule has 0 radical (unpaired) electrons. The first-order valence-electron chi connectivity index (χ1n) is 16.5. The molecular formula is C36H48N4O8S. The predicted molar refractivity (Wildman–Crippen MR) is 189 cm³/mol. The van der Waals surface area contributed by atoms with Crippen LogP contribution in [0.2, 0.25) is 0 Å². The largest absolute Gasteiger partial charge is 0.497 e. The maximum absolute atomic E-state index is 14.4. The number of sulfonamides is 1. The zero-order valence-electron chi connectivity index (χ0n) is 28.8. The molecule has 3 aromatic carbocycles. The average Bonchev–Trinajstić information content (AvgIpc) is 3.09. The van der Waals surface area contributed by atoms with E-state index in [1.54, 1.807) is 48.0 Å². The summed E-state index contributed by atoms with van der Waals surface area (Å²) >= 11 is 0. The number of anilines is 2. The summed E-state index contributed by atoms with van der Waals surface area (Å²) in [5.74, 6) is 0.138. The monoisotopic (exact) mass is 696 g/mol. The molecule has 3 amide bonds. The fourth-order valence-electron chi connectivity index (χ4n) is 5.51. The molecule has 0 saturated heterocycles. The van der Waals surface area contributed by atoms with E-state index in [2.05, 4.69) is 10.0 Å². The third-order valence-corrected chi connectivity index (χ3v) is 9.90. The Morgan fingerprint density at radius 1 is 1.06 bits per heavy atom. The highest BCUT2D eigenvalue weighted by Gasteiger charge is 2.31. The quantitative estimate of drug-likeness (QED) is 0.268. The third-order valence-electron chi connectivity index (χ3n) is 8.50. The van der Waals surface area contributed by atoms with Gasteiger partial charge >= 0.3 is 6.03 Å². The van der Waals surface area contributed by atoms with Crippen molar-refractivity contribution in [1.82, 2.24) is 9.80 Å². The maximum Gasteiger partial charge on any atom is 0.321 e. The number of aliphatic hydroxyl groups is 1. The normalized spacial score (nSPS) is 19.8. The molecule has 1 heterocycles. The van der Waals surface area contributed by atoms with Crippen LogP contribution in [0.5, 0.6) is 11.5 Å². The van der Waals surface area contributed by atoms with E-state index in [4.69, 9.17) is 14.2 Å². The van der Waals surface area contributed by atoms with E-state index in [1.165, 1.54) is 25.3 Å². The van der Waals surface area contributed by atoms with Gasteiger partial charge in [-0.1, -0.05) is 25.1 Å². The van der Waals surface area contributed by atoms with Crippen molar-refractivity contribution in [2.45, 2.75) is 63.2 Å². The van der Waals surface area contributed by atoms with Crippen LogP contribution >= 0.6 is 0 Å². The number of methoxy groups -OCH3 is 1. The van der Waals surface area contributed by atoms with E-state index in [-0.39, 0.29) is 53.9 Å². The first-order valence-corrected chi connectivity index (χ1v) is 18.0. The Bertz CT molecular complexity index is 1640. The van der Waals surface area contributed by atoms with Gasteiger partial charge in [0.2, 0.25) is 0 Å². The van der Waals surface area contributed by atoms with Crippen LogP contribution in [0.1, 0.15) is 50.4 Å². The van der Waals surface area contributed by atoms with Crippen LogP contribution in [0.4, 0.5) is 16.2 Å². The lowest BCUT2D eigenvalue weighted by Crippen LogP contribution is -2.48. The van der Waals surface area contributed by atoms with Gasteiger partial charge in [0.05, 0.1) is 42.4 Å². The van der Waals surface area contributed by atoms with Gasteiger partial charge in [-0.25, -0.2) is 13.2 Å². The molecule has 0 unspecified atom stereocenters. The molecule has 12 nitrogen and oxygen atoms in total.